The second-order valence-electron chi connectivity index (χ2n) is 8.81. The van der Waals surface area contributed by atoms with Gasteiger partial charge in [0, 0.05) is 25.2 Å². The average Bonchev–Trinajstić information content (AvgIpc) is 3.24. The highest BCUT2D eigenvalue weighted by Gasteiger charge is 2.35. The first-order chi connectivity index (χ1) is 16.2. The van der Waals surface area contributed by atoms with Crippen LogP contribution in [0, 0.1) is 24.5 Å². The first-order valence-electron chi connectivity index (χ1n) is 11.1. The molecule has 8 nitrogen and oxygen atoms in total. The molecule has 1 atom stereocenters. The van der Waals surface area contributed by atoms with Crippen LogP contribution in [0.2, 0.25) is 0 Å². The number of hydrogen-bond donors (Lipinski definition) is 1. The van der Waals surface area contributed by atoms with Crippen LogP contribution in [0.15, 0.2) is 24.5 Å². The van der Waals surface area contributed by atoms with Crippen molar-refractivity contribution in [2.75, 3.05) is 24.4 Å². The summed E-state index contributed by atoms with van der Waals surface area (Å²) in [6, 6.07) is 2.59. The minimum absolute atomic E-state index is 0. The summed E-state index contributed by atoms with van der Waals surface area (Å²) >= 11 is 0. The maximum Gasteiger partial charge on any atom is 0.247 e. The Hall–Kier alpha value is -3.21. The lowest BCUT2D eigenvalue weighted by Crippen LogP contribution is -2.49. The van der Waals surface area contributed by atoms with Gasteiger partial charge in [0.2, 0.25) is 11.7 Å². The molecule has 1 amide bonds. The van der Waals surface area contributed by atoms with Crippen LogP contribution < -0.4 is 15.0 Å². The van der Waals surface area contributed by atoms with Crippen molar-refractivity contribution in [3.63, 3.8) is 0 Å². The van der Waals surface area contributed by atoms with Gasteiger partial charge in [-0.3, -0.25) is 9.48 Å². The van der Waals surface area contributed by atoms with Gasteiger partial charge in [-0.25, -0.2) is 14.4 Å². The van der Waals surface area contributed by atoms with Gasteiger partial charge in [-0.2, -0.15) is 23.0 Å². The molecule has 1 aromatic carbocycles. The Bertz CT molecular complexity index is 1230. The molecule has 0 fully saturated rings. The van der Waals surface area contributed by atoms with Crippen LogP contribution in [0.1, 0.15) is 36.5 Å². The molecule has 1 aliphatic rings. The van der Waals surface area contributed by atoms with Crippen molar-refractivity contribution in [2.45, 2.75) is 46.2 Å². The van der Waals surface area contributed by atoms with Gasteiger partial charge in [0.15, 0.2) is 17.4 Å². The molecule has 11 heteroatoms. The quantitative estimate of drug-likeness (QED) is 0.529. The van der Waals surface area contributed by atoms with Gasteiger partial charge in [-0.1, -0.05) is 19.9 Å². The Balaban J connectivity index is 0.00000342. The third kappa shape index (κ3) is 5.24. The van der Waals surface area contributed by atoms with Gasteiger partial charge in [-0.05, 0) is 30.9 Å². The van der Waals surface area contributed by atoms with Gasteiger partial charge in [0.05, 0.1) is 25.5 Å². The number of anilines is 2. The Morgan fingerprint density at radius 1 is 1.17 bits per heavy atom. The molecule has 3 aromatic rings. The number of benzene rings is 1. The summed E-state index contributed by atoms with van der Waals surface area (Å²) in [7, 11) is 3.17. The summed E-state index contributed by atoms with van der Waals surface area (Å²) in [4.78, 5) is 23.7. The molecule has 35 heavy (non-hydrogen) atoms. The fraction of sp³-hybridized carbons (Fsp3) is 0.417. The number of hydrogen-bond acceptors (Lipinski definition) is 6. The monoisotopic (exact) mass is 504 g/mol. The van der Waals surface area contributed by atoms with E-state index in [1.165, 1.54) is 19.2 Å². The number of amides is 1. The summed E-state index contributed by atoms with van der Waals surface area (Å²) in [6.07, 6.45) is 4.69. The molecule has 0 radical (unpaired) electrons. The number of aryl methyl sites for hydroxylation is 3. The molecule has 1 N–H and O–H groups in total. The number of nitrogens with one attached hydrogen (secondary N) is 1. The number of carbonyl (C=O) groups is 1. The maximum atomic E-state index is 14.3. The predicted molar refractivity (Wildman–Crippen MR) is 134 cm³/mol. The summed E-state index contributed by atoms with van der Waals surface area (Å²) in [6.45, 7) is 5.96. The van der Waals surface area contributed by atoms with E-state index in [0.717, 1.165) is 11.3 Å². The largest absolute Gasteiger partial charge is 0.494 e. The number of aromatic nitrogens is 4. The minimum Gasteiger partial charge on any atom is -0.494 e. The topological polar surface area (TPSA) is 85.2 Å². The van der Waals surface area contributed by atoms with Crippen LogP contribution in [-0.2, 0) is 24.2 Å². The number of fused-ring (bicyclic) bond motifs is 1. The minimum atomic E-state index is -1.01. The van der Waals surface area contributed by atoms with Crippen molar-refractivity contribution in [1.29, 1.82) is 0 Å². The number of methoxy groups -OCH3 is 1. The van der Waals surface area contributed by atoms with E-state index in [0.29, 0.717) is 30.2 Å². The zero-order chi connectivity index (χ0) is 24.6. The average molecular weight is 505 g/mol. The zero-order valence-corrected chi connectivity index (χ0v) is 21.4. The van der Waals surface area contributed by atoms with Crippen molar-refractivity contribution >= 4 is 30.9 Å². The van der Waals surface area contributed by atoms with E-state index >= 15 is 0 Å². The first-order valence-corrected chi connectivity index (χ1v) is 11.1. The fourth-order valence-corrected chi connectivity index (χ4v) is 4.29. The second-order valence-corrected chi connectivity index (χ2v) is 8.81. The van der Waals surface area contributed by atoms with Crippen molar-refractivity contribution in [3.05, 3.63) is 58.8 Å². The molecule has 188 valence electrons. The maximum absolute atomic E-state index is 14.3. The van der Waals surface area contributed by atoms with Crippen molar-refractivity contribution in [2.24, 2.45) is 5.92 Å². The number of halogens is 2. The lowest BCUT2D eigenvalue weighted by molar-refractivity contribution is -0.118. The number of rotatable bonds is 7. The van der Waals surface area contributed by atoms with Crippen molar-refractivity contribution in [3.8, 4) is 5.75 Å². The molecule has 0 saturated heterocycles. The third-order valence-corrected chi connectivity index (χ3v) is 6.02. The van der Waals surface area contributed by atoms with Gasteiger partial charge in [0.1, 0.15) is 17.6 Å². The van der Waals surface area contributed by atoms with Crippen LogP contribution in [0.3, 0.4) is 0 Å². The first kappa shape index (κ1) is 26.4. The highest BCUT2D eigenvalue weighted by Crippen LogP contribution is 2.33. The van der Waals surface area contributed by atoms with Crippen molar-refractivity contribution in [1.82, 2.24) is 19.7 Å². The van der Waals surface area contributed by atoms with E-state index in [1.54, 1.807) is 17.1 Å². The molecule has 0 bridgehead atoms. The molecule has 0 aliphatic carbocycles. The standard InChI is InChI=1S/C24H28F2N6O2.H2S/c1-13(2)22-24(33)30-21-14(3)28-18(29-23(21)31(22)4)9-6-15-10-27-32(11-15)12-16-7-8-17(34-5)20(26)19(16)25;/h7-8,10-11,13,22H,6,9,12H2,1-5H3,(H,30,33);1H2/t22-;/m0./s1. The van der Waals surface area contributed by atoms with Crippen LogP contribution >= 0.6 is 13.5 Å². The number of likely N-dealkylation sites (N-methyl/N-ethyl adjacent to an activating group) is 1. The fourth-order valence-electron chi connectivity index (χ4n) is 4.29. The molecule has 0 saturated carbocycles. The second kappa shape index (κ2) is 10.6. The number of nitrogens with zero attached hydrogens (tertiary/aromatic N) is 5. The molecule has 0 unspecified atom stereocenters. The smallest absolute Gasteiger partial charge is 0.247 e. The van der Waals surface area contributed by atoms with Gasteiger partial charge >= 0.3 is 0 Å². The van der Waals surface area contributed by atoms with E-state index in [9.17, 15) is 13.6 Å². The Kier molecular flexibility index (Phi) is 7.99. The van der Waals surface area contributed by atoms with Crippen LogP contribution in [0.4, 0.5) is 20.3 Å². The molecular formula is C24H30F2N6O2S. The normalized spacial score (nSPS) is 15.0. The van der Waals surface area contributed by atoms with Gasteiger partial charge in [-0.15, -0.1) is 0 Å². The molecular weight excluding hydrogens is 474 g/mol. The van der Waals surface area contributed by atoms with Crippen LogP contribution in [0.25, 0.3) is 0 Å². The van der Waals surface area contributed by atoms with Crippen LogP contribution in [-0.4, -0.2) is 45.9 Å². The summed E-state index contributed by atoms with van der Waals surface area (Å²) in [5.74, 6) is -0.617. The Morgan fingerprint density at radius 2 is 1.91 bits per heavy atom. The van der Waals surface area contributed by atoms with E-state index < -0.39 is 11.6 Å². The van der Waals surface area contributed by atoms with Gasteiger partial charge < -0.3 is 15.0 Å². The van der Waals surface area contributed by atoms with E-state index in [-0.39, 0.29) is 49.2 Å². The van der Waals surface area contributed by atoms with E-state index in [4.69, 9.17) is 9.72 Å². The molecule has 2 aromatic heterocycles. The lowest BCUT2D eigenvalue weighted by atomic mass is 9.99. The van der Waals surface area contributed by atoms with Crippen molar-refractivity contribution < 1.29 is 18.3 Å². The predicted octanol–water partition coefficient (Wildman–Crippen LogP) is 3.63. The molecule has 4 rings (SSSR count). The summed E-state index contributed by atoms with van der Waals surface area (Å²) < 4.78 is 34.6. The highest BCUT2D eigenvalue weighted by molar-refractivity contribution is 7.59. The molecule has 0 spiro atoms. The number of ether oxygens (including phenoxy) is 1. The molecule has 1 aliphatic heterocycles. The Labute approximate surface area is 210 Å². The molecule has 3 heterocycles. The van der Waals surface area contributed by atoms with Gasteiger partial charge in [0.25, 0.3) is 0 Å². The Morgan fingerprint density at radius 3 is 2.60 bits per heavy atom. The summed E-state index contributed by atoms with van der Waals surface area (Å²) in [5.41, 5.74) is 2.48. The van der Waals surface area contributed by atoms with E-state index in [1.807, 2.05) is 32.7 Å². The number of carbonyl (C=O) groups excluding carboxylic acids is 1. The lowest BCUT2D eigenvalue weighted by Gasteiger charge is -2.36. The summed E-state index contributed by atoms with van der Waals surface area (Å²) in [5, 5.41) is 7.22. The zero-order valence-electron chi connectivity index (χ0n) is 20.4. The SMILES string of the molecule is COc1ccc(Cn2cc(CCc3nc(C)c4c(n3)N(C)[C@@H](C(C)C)C(=O)N4)cn2)c(F)c1F.S. The van der Waals surface area contributed by atoms with Crippen LogP contribution in [0.5, 0.6) is 5.75 Å². The third-order valence-electron chi connectivity index (χ3n) is 6.02. The highest BCUT2D eigenvalue weighted by atomic mass is 32.1. The van der Waals surface area contributed by atoms with E-state index in [2.05, 4.69) is 15.4 Å².